The Kier molecular flexibility index (Phi) is 7.13. The number of hydrogen-bond acceptors (Lipinski definition) is 3. The molecule has 0 fully saturated rings. The molecule has 0 radical (unpaired) electrons. The van der Waals surface area contributed by atoms with Crippen LogP contribution in [0.2, 0.25) is 0 Å². The van der Waals surface area contributed by atoms with Gasteiger partial charge in [0.15, 0.2) is 0 Å². The molecule has 1 N–H and O–H groups in total. The molecule has 0 aliphatic heterocycles. The van der Waals surface area contributed by atoms with Crippen LogP contribution in [-0.2, 0) is 0 Å². The topological polar surface area (TPSA) is 21.3 Å². The smallest absolute Gasteiger partial charge is 0.132 e. The maximum Gasteiger partial charge on any atom is 0.132 e. The van der Waals surface area contributed by atoms with Gasteiger partial charge in [-0.2, -0.15) is 0 Å². The fourth-order valence-electron chi connectivity index (χ4n) is 1.74. The molecule has 3 heteroatoms. The first-order chi connectivity index (χ1) is 8.27. The van der Waals surface area contributed by atoms with Crippen molar-refractivity contribution < 1.29 is 4.74 Å². The van der Waals surface area contributed by atoms with Crippen molar-refractivity contribution in [3.8, 4) is 5.75 Å². The minimum Gasteiger partial charge on any atom is -0.491 e. The number of thioether (sulfide) groups is 1. The fraction of sp³-hybridized carbons (Fsp3) is 0.571. The first-order valence-electron chi connectivity index (χ1n) is 6.27. The van der Waals surface area contributed by atoms with Crippen LogP contribution in [0.5, 0.6) is 5.75 Å². The van der Waals surface area contributed by atoms with E-state index in [0.29, 0.717) is 6.04 Å². The predicted octanol–water partition coefficient (Wildman–Crippen LogP) is 3.57. The number of para-hydroxylation sites is 1. The molecule has 0 amide bonds. The maximum absolute atomic E-state index is 5.77. The Hall–Kier alpha value is -0.670. The largest absolute Gasteiger partial charge is 0.491 e. The van der Waals surface area contributed by atoms with Gasteiger partial charge in [0.25, 0.3) is 0 Å². The Morgan fingerprint density at radius 3 is 2.82 bits per heavy atom. The summed E-state index contributed by atoms with van der Waals surface area (Å²) < 4.78 is 5.77. The predicted molar refractivity (Wildman–Crippen MR) is 76.1 cm³/mol. The molecule has 17 heavy (non-hydrogen) atoms. The van der Waals surface area contributed by atoms with Gasteiger partial charge in [-0.05, 0) is 31.7 Å². The van der Waals surface area contributed by atoms with E-state index in [-0.39, 0.29) is 0 Å². The molecule has 1 rings (SSSR count). The molecule has 96 valence electrons. The van der Waals surface area contributed by atoms with Crippen LogP contribution in [0.3, 0.4) is 0 Å². The Morgan fingerprint density at radius 2 is 2.12 bits per heavy atom. The molecule has 0 aliphatic rings. The molecule has 0 aromatic heterocycles. The lowest BCUT2D eigenvalue weighted by Gasteiger charge is -2.14. The van der Waals surface area contributed by atoms with E-state index in [9.17, 15) is 0 Å². The summed E-state index contributed by atoms with van der Waals surface area (Å²) >= 11 is 1.72. The van der Waals surface area contributed by atoms with Gasteiger partial charge in [-0.3, -0.25) is 0 Å². The van der Waals surface area contributed by atoms with Crippen LogP contribution in [0.25, 0.3) is 0 Å². The molecule has 1 atom stereocenters. The molecule has 1 aromatic rings. The number of benzene rings is 1. The summed E-state index contributed by atoms with van der Waals surface area (Å²) in [4.78, 5) is 1.20. The van der Waals surface area contributed by atoms with E-state index in [0.717, 1.165) is 18.9 Å². The van der Waals surface area contributed by atoms with Crippen molar-refractivity contribution in [2.45, 2.75) is 37.6 Å². The molecule has 0 saturated heterocycles. The van der Waals surface area contributed by atoms with Gasteiger partial charge >= 0.3 is 0 Å². The van der Waals surface area contributed by atoms with E-state index in [1.54, 1.807) is 11.8 Å². The summed E-state index contributed by atoms with van der Waals surface area (Å²) in [5, 5.41) is 3.46. The normalized spacial score (nSPS) is 12.4. The summed E-state index contributed by atoms with van der Waals surface area (Å²) in [5.74, 6) is 0.991. The van der Waals surface area contributed by atoms with Crippen LogP contribution in [0.15, 0.2) is 29.2 Å². The van der Waals surface area contributed by atoms with E-state index < -0.39 is 0 Å². The van der Waals surface area contributed by atoms with E-state index in [1.165, 1.54) is 17.7 Å². The molecule has 0 bridgehead atoms. The van der Waals surface area contributed by atoms with E-state index >= 15 is 0 Å². The van der Waals surface area contributed by atoms with Crippen molar-refractivity contribution in [1.82, 2.24) is 5.32 Å². The first kappa shape index (κ1) is 14.4. The number of rotatable bonds is 8. The van der Waals surface area contributed by atoms with Crippen molar-refractivity contribution >= 4 is 11.8 Å². The maximum atomic E-state index is 5.77. The second kappa shape index (κ2) is 8.43. The average molecular weight is 253 g/mol. The summed E-state index contributed by atoms with van der Waals surface area (Å²) in [6.45, 7) is 6.07. The van der Waals surface area contributed by atoms with Gasteiger partial charge in [0.1, 0.15) is 12.4 Å². The standard InChI is InChI=1S/C14H23NOS/c1-4-7-12(2)15-10-11-16-13-8-5-6-9-14(13)17-3/h5-6,8-9,12,15H,4,7,10-11H2,1-3H3. The van der Waals surface area contributed by atoms with Crippen LogP contribution < -0.4 is 10.1 Å². The van der Waals surface area contributed by atoms with Crippen LogP contribution in [0, 0.1) is 0 Å². The van der Waals surface area contributed by atoms with Crippen LogP contribution in [0.1, 0.15) is 26.7 Å². The van der Waals surface area contributed by atoms with Crippen molar-refractivity contribution in [3.63, 3.8) is 0 Å². The molecule has 1 unspecified atom stereocenters. The lowest BCUT2D eigenvalue weighted by Crippen LogP contribution is -2.30. The third kappa shape index (κ3) is 5.46. The number of nitrogens with one attached hydrogen (secondary N) is 1. The minimum absolute atomic E-state index is 0.583. The molecule has 1 aromatic carbocycles. The van der Waals surface area contributed by atoms with Crippen LogP contribution in [-0.4, -0.2) is 25.4 Å². The van der Waals surface area contributed by atoms with E-state index in [1.807, 2.05) is 18.2 Å². The van der Waals surface area contributed by atoms with Gasteiger partial charge in [0.05, 0.1) is 0 Å². The zero-order valence-corrected chi connectivity index (χ0v) is 11.8. The van der Waals surface area contributed by atoms with Crippen molar-refractivity contribution in [2.24, 2.45) is 0 Å². The highest BCUT2D eigenvalue weighted by atomic mass is 32.2. The highest BCUT2D eigenvalue weighted by molar-refractivity contribution is 7.98. The third-order valence-corrected chi connectivity index (χ3v) is 3.42. The summed E-state index contributed by atoms with van der Waals surface area (Å²) in [5.41, 5.74) is 0. The van der Waals surface area contributed by atoms with Crippen molar-refractivity contribution in [3.05, 3.63) is 24.3 Å². The Morgan fingerprint density at radius 1 is 1.35 bits per heavy atom. The second-order valence-corrected chi connectivity index (χ2v) is 4.99. The fourth-order valence-corrected chi connectivity index (χ4v) is 2.28. The Labute approximate surface area is 109 Å². The quantitative estimate of drug-likeness (QED) is 0.565. The van der Waals surface area contributed by atoms with Gasteiger partial charge in [-0.1, -0.05) is 25.5 Å². The Balaban J connectivity index is 2.26. The van der Waals surface area contributed by atoms with Gasteiger partial charge in [-0.15, -0.1) is 11.8 Å². The molecular weight excluding hydrogens is 230 g/mol. The SMILES string of the molecule is CCCC(C)NCCOc1ccccc1SC. The summed E-state index contributed by atoms with van der Waals surface area (Å²) in [6, 6.07) is 8.76. The summed E-state index contributed by atoms with van der Waals surface area (Å²) in [7, 11) is 0. The Bertz CT molecular complexity index is 317. The monoisotopic (exact) mass is 253 g/mol. The van der Waals surface area contributed by atoms with Gasteiger partial charge in [-0.25, -0.2) is 0 Å². The van der Waals surface area contributed by atoms with Crippen molar-refractivity contribution in [1.29, 1.82) is 0 Å². The minimum atomic E-state index is 0.583. The molecule has 0 heterocycles. The second-order valence-electron chi connectivity index (χ2n) is 4.14. The zero-order valence-electron chi connectivity index (χ0n) is 11.0. The van der Waals surface area contributed by atoms with E-state index in [2.05, 4.69) is 31.5 Å². The third-order valence-electron chi connectivity index (χ3n) is 2.64. The van der Waals surface area contributed by atoms with Crippen molar-refractivity contribution in [2.75, 3.05) is 19.4 Å². The summed E-state index contributed by atoms with van der Waals surface area (Å²) in [6.07, 6.45) is 4.52. The highest BCUT2D eigenvalue weighted by Gasteiger charge is 2.02. The first-order valence-corrected chi connectivity index (χ1v) is 7.49. The van der Waals surface area contributed by atoms with Crippen LogP contribution in [0.4, 0.5) is 0 Å². The van der Waals surface area contributed by atoms with Gasteiger partial charge in [0.2, 0.25) is 0 Å². The van der Waals surface area contributed by atoms with E-state index in [4.69, 9.17) is 4.74 Å². The van der Waals surface area contributed by atoms with Crippen LogP contribution >= 0.6 is 11.8 Å². The molecular formula is C14H23NOS. The van der Waals surface area contributed by atoms with Gasteiger partial charge in [0, 0.05) is 17.5 Å². The molecule has 0 aliphatic carbocycles. The lowest BCUT2D eigenvalue weighted by molar-refractivity contribution is 0.298. The molecule has 0 spiro atoms. The lowest BCUT2D eigenvalue weighted by atomic mass is 10.2. The number of hydrogen-bond donors (Lipinski definition) is 1. The molecule has 0 saturated carbocycles. The highest BCUT2D eigenvalue weighted by Crippen LogP contribution is 2.26. The number of ether oxygens (including phenoxy) is 1. The van der Waals surface area contributed by atoms with Gasteiger partial charge < -0.3 is 10.1 Å². The zero-order chi connectivity index (χ0) is 12.5. The average Bonchev–Trinajstić information content (AvgIpc) is 2.35. The molecule has 2 nitrogen and oxygen atoms in total.